The zero-order chi connectivity index (χ0) is 19.7. The Labute approximate surface area is 171 Å². The van der Waals surface area contributed by atoms with Crippen molar-refractivity contribution in [3.8, 4) is 11.4 Å². The van der Waals surface area contributed by atoms with Crippen LogP contribution in [-0.2, 0) is 0 Å². The molecule has 0 aliphatic rings. The minimum atomic E-state index is 0.700. The quantitative estimate of drug-likeness (QED) is 0.325. The summed E-state index contributed by atoms with van der Waals surface area (Å²) in [5.74, 6) is 0.843. The van der Waals surface area contributed by atoms with Crippen molar-refractivity contribution in [2.45, 2.75) is 13.8 Å². The molecule has 0 bridgehead atoms. The summed E-state index contributed by atoms with van der Waals surface area (Å²) < 4.78 is 0. The van der Waals surface area contributed by atoms with Gasteiger partial charge in [-0.05, 0) is 72.8 Å². The van der Waals surface area contributed by atoms with Gasteiger partial charge in [-0.1, -0.05) is 11.6 Å². The first-order chi connectivity index (χ1) is 14.1. The SMILES string of the molecule is Cc1c2ccncc2c(C)c2c1[nH]c1ccc(-c3nc4ccc(Cl)cc4[nH]3)cc12. The molecule has 0 saturated heterocycles. The van der Waals surface area contributed by atoms with Gasteiger partial charge in [-0.25, -0.2) is 4.98 Å². The average Bonchev–Trinajstić information content (AvgIpc) is 3.32. The van der Waals surface area contributed by atoms with Crippen LogP contribution in [0.4, 0.5) is 0 Å². The van der Waals surface area contributed by atoms with Crippen molar-refractivity contribution in [1.82, 2.24) is 19.9 Å². The van der Waals surface area contributed by atoms with E-state index in [0.717, 1.165) is 27.9 Å². The summed E-state index contributed by atoms with van der Waals surface area (Å²) in [6, 6.07) is 14.2. The van der Waals surface area contributed by atoms with Crippen LogP contribution in [0.3, 0.4) is 0 Å². The second kappa shape index (κ2) is 5.82. The number of fused-ring (bicyclic) bond motifs is 5. The van der Waals surface area contributed by atoms with Crippen molar-refractivity contribution in [2.24, 2.45) is 0 Å². The van der Waals surface area contributed by atoms with Gasteiger partial charge in [-0.3, -0.25) is 4.98 Å². The molecule has 0 amide bonds. The molecule has 0 fully saturated rings. The molecule has 3 aromatic heterocycles. The van der Waals surface area contributed by atoms with E-state index in [4.69, 9.17) is 16.6 Å². The van der Waals surface area contributed by atoms with Gasteiger partial charge in [0.2, 0.25) is 0 Å². The highest BCUT2D eigenvalue weighted by Gasteiger charge is 2.15. The Balaban J connectivity index is 1.66. The molecule has 2 N–H and O–H groups in total. The number of hydrogen-bond acceptors (Lipinski definition) is 2. The first-order valence-corrected chi connectivity index (χ1v) is 9.92. The lowest BCUT2D eigenvalue weighted by molar-refractivity contribution is 1.34. The van der Waals surface area contributed by atoms with Gasteiger partial charge in [0.05, 0.1) is 16.6 Å². The van der Waals surface area contributed by atoms with E-state index in [0.29, 0.717) is 5.02 Å². The molecule has 4 nitrogen and oxygen atoms in total. The highest BCUT2D eigenvalue weighted by atomic mass is 35.5. The molecule has 3 aromatic carbocycles. The lowest BCUT2D eigenvalue weighted by Gasteiger charge is -2.08. The Morgan fingerprint density at radius 1 is 0.828 bits per heavy atom. The predicted molar refractivity (Wildman–Crippen MR) is 121 cm³/mol. The molecule has 29 heavy (non-hydrogen) atoms. The van der Waals surface area contributed by atoms with Crippen molar-refractivity contribution >= 4 is 55.2 Å². The van der Waals surface area contributed by atoms with Crippen LogP contribution in [0.5, 0.6) is 0 Å². The summed E-state index contributed by atoms with van der Waals surface area (Å²) >= 11 is 6.13. The zero-order valence-corrected chi connectivity index (χ0v) is 16.7. The Hall–Kier alpha value is -3.37. The third-order valence-corrected chi connectivity index (χ3v) is 6.13. The summed E-state index contributed by atoms with van der Waals surface area (Å²) in [5, 5.41) is 5.58. The molecule has 0 radical (unpaired) electrons. The molecule has 140 valence electrons. The second-order valence-corrected chi connectivity index (χ2v) is 7.99. The lowest BCUT2D eigenvalue weighted by atomic mass is 9.96. The number of rotatable bonds is 1. The molecule has 5 heteroatoms. The van der Waals surface area contributed by atoms with Gasteiger partial charge in [0.25, 0.3) is 0 Å². The fourth-order valence-electron chi connectivity index (χ4n) is 4.42. The second-order valence-electron chi connectivity index (χ2n) is 7.55. The maximum atomic E-state index is 6.13. The molecule has 3 heterocycles. The van der Waals surface area contributed by atoms with E-state index >= 15 is 0 Å². The zero-order valence-electron chi connectivity index (χ0n) is 16.0. The summed E-state index contributed by atoms with van der Waals surface area (Å²) in [4.78, 5) is 16.1. The summed E-state index contributed by atoms with van der Waals surface area (Å²) in [5.41, 5.74) is 7.70. The summed E-state index contributed by atoms with van der Waals surface area (Å²) in [7, 11) is 0. The van der Waals surface area contributed by atoms with Crippen LogP contribution in [-0.4, -0.2) is 19.9 Å². The van der Waals surface area contributed by atoms with Crippen molar-refractivity contribution in [3.63, 3.8) is 0 Å². The molecule has 0 saturated carbocycles. The highest BCUT2D eigenvalue weighted by molar-refractivity contribution is 6.31. The fraction of sp³-hybridized carbons (Fsp3) is 0.0833. The molecule has 6 rings (SSSR count). The predicted octanol–water partition coefficient (Wildman–Crippen LogP) is 6.68. The Morgan fingerprint density at radius 2 is 1.72 bits per heavy atom. The van der Waals surface area contributed by atoms with Crippen LogP contribution in [0.15, 0.2) is 54.9 Å². The monoisotopic (exact) mass is 396 g/mol. The van der Waals surface area contributed by atoms with Crippen LogP contribution < -0.4 is 0 Å². The molecule has 0 atom stereocenters. The van der Waals surface area contributed by atoms with Gasteiger partial charge in [0.1, 0.15) is 5.82 Å². The number of nitrogens with one attached hydrogen (secondary N) is 2. The largest absolute Gasteiger partial charge is 0.354 e. The van der Waals surface area contributed by atoms with Crippen molar-refractivity contribution in [3.05, 3.63) is 71.0 Å². The van der Waals surface area contributed by atoms with E-state index < -0.39 is 0 Å². The lowest BCUT2D eigenvalue weighted by Crippen LogP contribution is -1.87. The van der Waals surface area contributed by atoms with E-state index in [2.05, 4.69) is 53.1 Å². The van der Waals surface area contributed by atoms with Gasteiger partial charge in [-0.2, -0.15) is 0 Å². The first-order valence-electron chi connectivity index (χ1n) is 9.54. The van der Waals surface area contributed by atoms with Crippen LogP contribution >= 0.6 is 11.6 Å². The minimum Gasteiger partial charge on any atom is -0.354 e. The Morgan fingerprint density at radius 3 is 2.62 bits per heavy atom. The maximum Gasteiger partial charge on any atom is 0.138 e. The number of benzene rings is 3. The van der Waals surface area contributed by atoms with Gasteiger partial charge in [0.15, 0.2) is 0 Å². The third kappa shape index (κ3) is 2.33. The molecule has 0 aliphatic heterocycles. The van der Waals surface area contributed by atoms with Crippen LogP contribution in [0.1, 0.15) is 11.1 Å². The number of halogens is 1. The fourth-order valence-corrected chi connectivity index (χ4v) is 4.59. The Kier molecular flexibility index (Phi) is 3.32. The number of hydrogen-bond donors (Lipinski definition) is 2. The van der Waals surface area contributed by atoms with E-state index in [1.165, 1.54) is 38.2 Å². The van der Waals surface area contributed by atoms with Crippen molar-refractivity contribution < 1.29 is 0 Å². The number of nitrogens with zero attached hydrogens (tertiary/aromatic N) is 2. The molecule has 0 spiro atoms. The molecular weight excluding hydrogens is 380 g/mol. The number of imidazole rings is 1. The van der Waals surface area contributed by atoms with Crippen molar-refractivity contribution in [2.75, 3.05) is 0 Å². The normalized spacial score (nSPS) is 12.0. The first kappa shape index (κ1) is 16.6. The van der Waals surface area contributed by atoms with Crippen molar-refractivity contribution in [1.29, 1.82) is 0 Å². The average molecular weight is 397 g/mol. The number of aromatic nitrogens is 4. The topological polar surface area (TPSA) is 57.4 Å². The molecule has 6 aromatic rings. The van der Waals surface area contributed by atoms with Gasteiger partial charge >= 0.3 is 0 Å². The van der Waals surface area contributed by atoms with E-state index in [9.17, 15) is 0 Å². The number of pyridine rings is 1. The van der Waals surface area contributed by atoms with Gasteiger partial charge in [0, 0.05) is 44.7 Å². The molecule has 0 aliphatic carbocycles. The van der Waals surface area contributed by atoms with E-state index in [1.807, 2.05) is 30.6 Å². The number of aryl methyl sites for hydroxylation is 2. The van der Waals surface area contributed by atoms with Crippen LogP contribution in [0.25, 0.3) is 55.0 Å². The number of aromatic amines is 2. The van der Waals surface area contributed by atoms with Gasteiger partial charge < -0.3 is 9.97 Å². The van der Waals surface area contributed by atoms with E-state index in [-0.39, 0.29) is 0 Å². The Bertz CT molecular complexity index is 1590. The maximum absolute atomic E-state index is 6.13. The summed E-state index contributed by atoms with van der Waals surface area (Å²) in [6.07, 6.45) is 3.82. The standard InChI is InChI=1S/C24H17ClN4/c1-12-18-11-26-8-7-16(18)13(2)23-22(12)17-9-14(3-5-19(17)27-23)24-28-20-6-4-15(25)10-21(20)29-24/h3-11,27H,1-2H3,(H,28,29). The van der Waals surface area contributed by atoms with E-state index in [1.54, 1.807) is 0 Å². The molecule has 0 unspecified atom stereocenters. The smallest absolute Gasteiger partial charge is 0.138 e. The van der Waals surface area contributed by atoms with Crippen LogP contribution in [0.2, 0.25) is 5.02 Å². The molecular formula is C24H17ClN4. The third-order valence-electron chi connectivity index (χ3n) is 5.90. The number of H-pyrrole nitrogens is 2. The van der Waals surface area contributed by atoms with Crippen LogP contribution in [0, 0.1) is 13.8 Å². The minimum absolute atomic E-state index is 0.700. The highest BCUT2D eigenvalue weighted by Crippen LogP contribution is 2.37. The van der Waals surface area contributed by atoms with Gasteiger partial charge in [-0.15, -0.1) is 0 Å². The summed E-state index contributed by atoms with van der Waals surface area (Å²) in [6.45, 7) is 4.35.